The summed E-state index contributed by atoms with van der Waals surface area (Å²) in [7, 11) is 0. The summed E-state index contributed by atoms with van der Waals surface area (Å²) < 4.78 is 1.92. The highest BCUT2D eigenvalue weighted by molar-refractivity contribution is 6.05. The number of hydrogen-bond donors (Lipinski definition) is 2. The van der Waals surface area contributed by atoms with Crippen molar-refractivity contribution in [3.05, 3.63) is 103 Å². The Morgan fingerprint density at radius 1 is 0.971 bits per heavy atom. The highest BCUT2D eigenvalue weighted by Gasteiger charge is 2.48. The SMILES string of the molecule is Nc1ccccc1NC(=O)c1ccc(C2(c3nccc(-c4cnc5ccncn45)n3)CC2)cc1. The number of aromatic nitrogens is 5. The summed E-state index contributed by atoms with van der Waals surface area (Å²) in [6.07, 6.45) is 8.96. The largest absolute Gasteiger partial charge is 0.397 e. The van der Waals surface area contributed by atoms with E-state index in [0.717, 1.165) is 41.3 Å². The lowest BCUT2D eigenvalue weighted by molar-refractivity contribution is 0.102. The number of benzene rings is 2. The first-order valence-corrected chi connectivity index (χ1v) is 11.0. The Kier molecular flexibility index (Phi) is 4.58. The van der Waals surface area contributed by atoms with Crippen LogP contribution in [0.15, 0.2) is 85.6 Å². The molecule has 0 bridgehead atoms. The third-order valence-electron chi connectivity index (χ3n) is 6.32. The molecule has 8 nitrogen and oxygen atoms in total. The van der Waals surface area contributed by atoms with Crippen molar-refractivity contribution in [3.8, 4) is 11.4 Å². The van der Waals surface area contributed by atoms with Gasteiger partial charge in [-0.3, -0.25) is 9.20 Å². The Morgan fingerprint density at radius 3 is 2.59 bits per heavy atom. The monoisotopic (exact) mass is 447 g/mol. The standard InChI is InChI=1S/C26H21N7O/c27-19-3-1-2-4-20(19)31-24(34)17-5-7-18(8-6-17)26(11-12-26)25-29-14-9-21(32-25)22-15-30-23-10-13-28-16-33(22)23/h1-10,13-16H,11-12,27H2,(H,31,34). The van der Waals surface area contributed by atoms with Crippen molar-refractivity contribution in [1.29, 1.82) is 0 Å². The van der Waals surface area contributed by atoms with E-state index in [1.165, 1.54) is 0 Å². The van der Waals surface area contributed by atoms with Crippen LogP contribution in [-0.4, -0.2) is 30.2 Å². The number of para-hydroxylation sites is 2. The minimum Gasteiger partial charge on any atom is -0.397 e. The molecule has 5 aromatic rings. The first-order valence-electron chi connectivity index (χ1n) is 11.0. The molecule has 1 saturated carbocycles. The minimum atomic E-state index is -0.242. The summed E-state index contributed by atoms with van der Waals surface area (Å²) in [4.78, 5) is 30.8. The molecule has 34 heavy (non-hydrogen) atoms. The smallest absolute Gasteiger partial charge is 0.255 e. The molecular formula is C26H21N7O. The summed E-state index contributed by atoms with van der Waals surface area (Å²) in [5.41, 5.74) is 11.0. The molecular weight excluding hydrogens is 426 g/mol. The van der Waals surface area contributed by atoms with Crippen molar-refractivity contribution < 1.29 is 4.79 Å². The quantitative estimate of drug-likeness (QED) is 0.393. The molecule has 8 heteroatoms. The van der Waals surface area contributed by atoms with E-state index in [2.05, 4.69) is 20.3 Å². The predicted octanol–water partition coefficient (Wildman–Crippen LogP) is 4.10. The highest BCUT2D eigenvalue weighted by Crippen LogP contribution is 2.52. The zero-order valence-electron chi connectivity index (χ0n) is 18.2. The Morgan fingerprint density at radius 2 is 1.79 bits per heavy atom. The van der Waals surface area contributed by atoms with Crippen molar-refractivity contribution >= 4 is 22.9 Å². The van der Waals surface area contributed by atoms with E-state index in [-0.39, 0.29) is 11.3 Å². The molecule has 0 atom stereocenters. The highest BCUT2D eigenvalue weighted by atomic mass is 16.1. The van der Waals surface area contributed by atoms with Gasteiger partial charge in [0, 0.05) is 18.0 Å². The van der Waals surface area contributed by atoms with E-state index in [0.29, 0.717) is 16.9 Å². The van der Waals surface area contributed by atoms with Crippen LogP contribution in [0.2, 0.25) is 0 Å². The lowest BCUT2D eigenvalue weighted by Crippen LogP contribution is -2.16. The molecule has 2 aromatic carbocycles. The van der Waals surface area contributed by atoms with Crippen molar-refractivity contribution in [1.82, 2.24) is 24.3 Å². The molecule has 166 valence electrons. The van der Waals surface area contributed by atoms with Gasteiger partial charge in [0.05, 0.1) is 34.4 Å². The fourth-order valence-corrected chi connectivity index (χ4v) is 4.27. The zero-order chi connectivity index (χ0) is 23.1. The van der Waals surface area contributed by atoms with Gasteiger partial charge >= 0.3 is 0 Å². The van der Waals surface area contributed by atoms with Crippen LogP contribution in [0.3, 0.4) is 0 Å². The van der Waals surface area contributed by atoms with E-state index in [4.69, 9.17) is 10.7 Å². The number of hydrogen-bond acceptors (Lipinski definition) is 6. The lowest BCUT2D eigenvalue weighted by Gasteiger charge is -2.16. The molecule has 1 amide bonds. The van der Waals surface area contributed by atoms with Crippen LogP contribution in [0.1, 0.15) is 34.6 Å². The molecule has 1 aliphatic rings. The molecule has 6 rings (SSSR count). The maximum absolute atomic E-state index is 12.7. The average molecular weight is 448 g/mol. The van der Waals surface area contributed by atoms with E-state index < -0.39 is 0 Å². The second-order valence-electron chi connectivity index (χ2n) is 8.42. The van der Waals surface area contributed by atoms with Gasteiger partial charge in [-0.1, -0.05) is 24.3 Å². The number of nitrogens with two attached hydrogens (primary N) is 1. The molecule has 0 radical (unpaired) electrons. The molecule has 1 fully saturated rings. The number of anilines is 2. The van der Waals surface area contributed by atoms with Gasteiger partial charge < -0.3 is 11.1 Å². The first kappa shape index (κ1) is 20.0. The number of carbonyl (C=O) groups excluding carboxylic acids is 1. The number of nitrogens with zero attached hydrogens (tertiary/aromatic N) is 5. The number of nitrogen functional groups attached to an aromatic ring is 1. The van der Waals surface area contributed by atoms with E-state index in [1.54, 1.807) is 37.1 Å². The van der Waals surface area contributed by atoms with Crippen LogP contribution in [0, 0.1) is 0 Å². The number of rotatable bonds is 5. The number of nitrogens with one attached hydrogen (secondary N) is 1. The molecule has 0 saturated heterocycles. The summed E-state index contributed by atoms with van der Waals surface area (Å²) >= 11 is 0. The number of imidazole rings is 1. The van der Waals surface area contributed by atoms with Gasteiger partial charge in [0.25, 0.3) is 5.91 Å². The topological polar surface area (TPSA) is 111 Å². The van der Waals surface area contributed by atoms with Gasteiger partial charge in [0.2, 0.25) is 0 Å². The van der Waals surface area contributed by atoms with Gasteiger partial charge in [0.1, 0.15) is 17.8 Å². The second kappa shape index (κ2) is 7.77. The Labute approximate surface area is 195 Å². The van der Waals surface area contributed by atoms with E-state index in [9.17, 15) is 4.79 Å². The van der Waals surface area contributed by atoms with Gasteiger partial charge in [-0.05, 0) is 54.8 Å². The summed E-state index contributed by atoms with van der Waals surface area (Å²) in [6.45, 7) is 0. The van der Waals surface area contributed by atoms with Crippen LogP contribution in [0.25, 0.3) is 17.0 Å². The third-order valence-corrected chi connectivity index (χ3v) is 6.32. The van der Waals surface area contributed by atoms with Crippen LogP contribution in [0.4, 0.5) is 11.4 Å². The van der Waals surface area contributed by atoms with Crippen LogP contribution >= 0.6 is 0 Å². The molecule has 3 heterocycles. The molecule has 0 unspecified atom stereocenters. The van der Waals surface area contributed by atoms with E-state index in [1.807, 2.05) is 52.9 Å². The van der Waals surface area contributed by atoms with Crippen molar-refractivity contribution in [2.75, 3.05) is 11.1 Å². The summed E-state index contributed by atoms with van der Waals surface area (Å²) in [6, 6.07) is 18.6. The Bertz CT molecular complexity index is 1520. The van der Waals surface area contributed by atoms with Crippen LogP contribution < -0.4 is 11.1 Å². The molecule has 3 N–H and O–H groups in total. The van der Waals surface area contributed by atoms with Crippen LogP contribution in [0.5, 0.6) is 0 Å². The number of amides is 1. The maximum Gasteiger partial charge on any atom is 0.255 e. The lowest BCUT2D eigenvalue weighted by atomic mass is 9.93. The van der Waals surface area contributed by atoms with E-state index >= 15 is 0 Å². The predicted molar refractivity (Wildman–Crippen MR) is 129 cm³/mol. The van der Waals surface area contributed by atoms with Gasteiger partial charge in [-0.2, -0.15) is 0 Å². The third kappa shape index (κ3) is 3.36. The molecule has 3 aromatic heterocycles. The van der Waals surface area contributed by atoms with Gasteiger partial charge in [0.15, 0.2) is 0 Å². The number of carbonyl (C=O) groups is 1. The average Bonchev–Trinajstić information content (AvgIpc) is 3.58. The minimum absolute atomic E-state index is 0.200. The fraction of sp³-hybridized carbons (Fsp3) is 0.115. The normalized spacial score (nSPS) is 14.1. The molecule has 1 aliphatic carbocycles. The maximum atomic E-state index is 12.7. The molecule has 0 aliphatic heterocycles. The number of fused-ring (bicyclic) bond motifs is 1. The second-order valence-corrected chi connectivity index (χ2v) is 8.42. The first-order chi connectivity index (χ1) is 16.6. The Balaban J connectivity index is 1.28. The van der Waals surface area contributed by atoms with Crippen LogP contribution in [-0.2, 0) is 5.41 Å². The van der Waals surface area contributed by atoms with Crippen molar-refractivity contribution in [2.45, 2.75) is 18.3 Å². The van der Waals surface area contributed by atoms with Gasteiger partial charge in [-0.15, -0.1) is 0 Å². The fourth-order valence-electron chi connectivity index (χ4n) is 4.27. The van der Waals surface area contributed by atoms with Crippen molar-refractivity contribution in [3.63, 3.8) is 0 Å². The van der Waals surface area contributed by atoms with Crippen molar-refractivity contribution in [2.24, 2.45) is 0 Å². The molecule has 0 spiro atoms. The van der Waals surface area contributed by atoms with Gasteiger partial charge in [-0.25, -0.2) is 19.9 Å². The summed E-state index contributed by atoms with van der Waals surface area (Å²) in [5, 5.41) is 2.87. The zero-order valence-corrected chi connectivity index (χ0v) is 18.2. The summed E-state index contributed by atoms with van der Waals surface area (Å²) in [5.74, 6) is 0.576. The Hall–Kier alpha value is -4.59.